The summed E-state index contributed by atoms with van der Waals surface area (Å²) in [7, 11) is -3.66. The molecule has 0 radical (unpaired) electrons. The van der Waals surface area contributed by atoms with Crippen LogP contribution in [0.15, 0.2) is 48.9 Å². The van der Waals surface area contributed by atoms with Crippen molar-refractivity contribution in [2.24, 2.45) is 0 Å². The van der Waals surface area contributed by atoms with Crippen LogP contribution in [-0.4, -0.2) is 18.6 Å². The van der Waals surface area contributed by atoms with E-state index in [9.17, 15) is 8.42 Å². The van der Waals surface area contributed by atoms with Crippen molar-refractivity contribution < 1.29 is 12.9 Å². The zero-order chi connectivity index (χ0) is 18.1. The summed E-state index contributed by atoms with van der Waals surface area (Å²) in [5.41, 5.74) is 1.15. The molecule has 1 N–H and O–H groups in total. The summed E-state index contributed by atoms with van der Waals surface area (Å²) in [4.78, 5) is 4.46. The first kappa shape index (κ1) is 17.7. The van der Waals surface area contributed by atoms with Crippen LogP contribution < -0.4 is 4.72 Å². The molecule has 0 bridgehead atoms. The first-order valence-electron chi connectivity index (χ1n) is 8.22. The molecule has 136 valence electrons. The third-order valence-corrected chi connectivity index (χ3v) is 7.64. The van der Waals surface area contributed by atoms with Gasteiger partial charge in [0.2, 0.25) is 11.7 Å². The Morgan fingerprint density at radius 2 is 2.04 bits per heavy atom. The molecule has 2 aromatic heterocycles. The van der Waals surface area contributed by atoms with Gasteiger partial charge in [-0.2, -0.15) is 4.98 Å². The number of hydrogen-bond donors (Lipinski definition) is 1. The van der Waals surface area contributed by atoms with Gasteiger partial charge in [-0.1, -0.05) is 40.0 Å². The fourth-order valence-corrected chi connectivity index (χ4v) is 5.63. The number of rotatable bonds is 5. The molecule has 1 fully saturated rings. The Kier molecular flexibility index (Phi) is 4.85. The minimum atomic E-state index is -3.66. The molecule has 1 saturated carbocycles. The monoisotopic (exact) mass is 453 g/mol. The summed E-state index contributed by atoms with van der Waals surface area (Å²) in [6, 6.07) is 8.59. The van der Waals surface area contributed by atoms with Gasteiger partial charge in [0, 0.05) is 27.0 Å². The molecular formula is C17H16BrN3O3S2. The Morgan fingerprint density at radius 3 is 2.81 bits per heavy atom. The fraction of sp³-hybridized carbons (Fsp3) is 0.294. The van der Waals surface area contributed by atoms with Crippen molar-refractivity contribution in [3.05, 3.63) is 46.1 Å². The van der Waals surface area contributed by atoms with Crippen LogP contribution in [0.25, 0.3) is 11.4 Å². The fourth-order valence-electron chi connectivity index (χ4n) is 3.02. The van der Waals surface area contributed by atoms with Gasteiger partial charge in [0.15, 0.2) is 0 Å². The lowest BCUT2D eigenvalue weighted by atomic mass is 10.1. The van der Waals surface area contributed by atoms with E-state index in [1.165, 1.54) is 12.8 Å². The van der Waals surface area contributed by atoms with Gasteiger partial charge in [-0.15, -0.1) is 11.3 Å². The molecule has 0 amide bonds. The number of anilines is 1. The number of halogens is 1. The standard InChI is InChI=1S/C17H16BrN3O3S2/c18-13-6-3-7-14(9-13)21-26(22,23)15-8-12(10-25-15)16-19-17(24-20-16)11-4-1-2-5-11/h3,6-11,21H,1-2,4-5H2. The number of hydrogen-bond acceptors (Lipinski definition) is 6. The smallest absolute Gasteiger partial charge is 0.271 e. The average Bonchev–Trinajstić information content (AvgIpc) is 3.34. The quantitative estimate of drug-likeness (QED) is 0.585. The number of aromatic nitrogens is 2. The zero-order valence-corrected chi connectivity index (χ0v) is 16.9. The molecule has 0 saturated heterocycles. The maximum Gasteiger partial charge on any atom is 0.271 e. The molecule has 3 aromatic rings. The van der Waals surface area contributed by atoms with Gasteiger partial charge in [-0.25, -0.2) is 8.42 Å². The number of nitrogens with zero attached hydrogens (tertiary/aromatic N) is 2. The van der Waals surface area contributed by atoms with Gasteiger partial charge < -0.3 is 4.52 Å². The minimum absolute atomic E-state index is 0.208. The first-order valence-corrected chi connectivity index (χ1v) is 11.4. The lowest BCUT2D eigenvalue weighted by Gasteiger charge is -2.06. The van der Waals surface area contributed by atoms with Crippen molar-refractivity contribution in [3.63, 3.8) is 0 Å². The lowest BCUT2D eigenvalue weighted by Crippen LogP contribution is -2.11. The molecular weight excluding hydrogens is 438 g/mol. The third-order valence-electron chi connectivity index (χ3n) is 4.32. The van der Waals surface area contributed by atoms with Crippen molar-refractivity contribution in [2.45, 2.75) is 35.8 Å². The van der Waals surface area contributed by atoms with Crippen LogP contribution in [0.5, 0.6) is 0 Å². The SMILES string of the molecule is O=S(=O)(Nc1cccc(Br)c1)c1cc(-c2noc(C3CCCC3)n2)cs1. The molecule has 0 spiro atoms. The number of benzene rings is 1. The van der Waals surface area contributed by atoms with E-state index in [0.717, 1.165) is 28.7 Å². The summed E-state index contributed by atoms with van der Waals surface area (Å²) in [5, 5.41) is 5.76. The van der Waals surface area contributed by atoms with Crippen LogP contribution in [0, 0.1) is 0 Å². The molecule has 6 nitrogen and oxygen atoms in total. The first-order chi connectivity index (χ1) is 12.5. The summed E-state index contributed by atoms with van der Waals surface area (Å²) in [5.74, 6) is 1.42. The third kappa shape index (κ3) is 3.70. The second-order valence-electron chi connectivity index (χ2n) is 6.21. The van der Waals surface area contributed by atoms with Crippen molar-refractivity contribution >= 4 is 43.0 Å². The van der Waals surface area contributed by atoms with Crippen molar-refractivity contribution in [1.29, 1.82) is 0 Å². The van der Waals surface area contributed by atoms with Crippen LogP contribution in [0.4, 0.5) is 5.69 Å². The number of sulfonamides is 1. The van der Waals surface area contributed by atoms with E-state index < -0.39 is 10.0 Å². The molecule has 0 aliphatic heterocycles. The van der Waals surface area contributed by atoms with E-state index in [0.29, 0.717) is 28.9 Å². The minimum Gasteiger partial charge on any atom is -0.339 e. The van der Waals surface area contributed by atoms with Crippen LogP contribution in [0.1, 0.15) is 37.5 Å². The van der Waals surface area contributed by atoms with E-state index >= 15 is 0 Å². The Bertz CT molecular complexity index is 1020. The zero-order valence-electron chi connectivity index (χ0n) is 13.7. The lowest BCUT2D eigenvalue weighted by molar-refractivity contribution is 0.354. The second-order valence-corrected chi connectivity index (χ2v) is 9.94. The largest absolute Gasteiger partial charge is 0.339 e. The molecule has 4 rings (SSSR count). The molecule has 0 atom stereocenters. The van der Waals surface area contributed by atoms with Crippen molar-refractivity contribution in [2.75, 3.05) is 4.72 Å². The number of thiophene rings is 1. The Labute approximate surface area is 163 Å². The molecule has 26 heavy (non-hydrogen) atoms. The van der Waals surface area contributed by atoms with E-state index in [1.54, 1.807) is 29.6 Å². The Hall–Kier alpha value is -1.71. The molecule has 9 heteroatoms. The van der Waals surface area contributed by atoms with Gasteiger partial charge in [0.05, 0.1) is 0 Å². The molecule has 1 aliphatic carbocycles. The summed E-state index contributed by atoms with van der Waals surface area (Å²) in [6.07, 6.45) is 4.51. The van der Waals surface area contributed by atoms with Gasteiger partial charge in [-0.05, 0) is 37.1 Å². The highest BCUT2D eigenvalue weighted by molar-refractivity contribution is 9.10. The average molecular weight is 454 g/mol. The van der Waals surface area contributed by atoms with E-state index in [1.807, 2.05) is 6.07 Å². The highest BCUT2D eigenvalue weighted by Gasteiger charge is 2.24. The topological polar surface area (TPSA) is 85.1 Å². The molecule has 0 unspecified atom stereocenters. The van der Waals surface area contributed by atoms with Gasteiger partial charge in [0.1, 0.15) is 4.21 Å². The summed E-state index contributed by atoms with van der Waals surface area (Å²) in [6.45, 7) is 0. The molecule has 2 heterocycles. The predicted molar refractivity (Wildman–Crippen MR) is 104 cm³/mol. The maximum atomic E-state index is 12.6. The van der Waals surface area contributed by atoms with Crippen LogP contribution in [0.3, 0.4) is 0 Å². The van der Waals surface area contributed by atoms with Gasteiger partial charge in [0.25, 0.3) is 10.0 Å². The molecule has 1 aliphatic rings. The van der Waals surface area contributed by atoms with Gasteiger partial charge in [-0.3, -0.25) is 4.72 Å². The van der Waals surface area contributed by atoms with Crippen molar-refractivity contribution in [3.8, 4) is 11.4 Å². The number of nitrogens with one attached hydrogen (secondary N) is 1. The second kappa shape index (κ2) is 7.13. The highest BCUT2D eigenvalue weighted by atomic mass is 79.9. The summed E-state index contributed by atoms with van der Waals surface area (Å²) >= 11 is 4.46. The maximum absolute atomic E-state index is 12.6. The van der Waals surface area contributed by atoms with E-state index in [-0.39, 0.29) is 4.21 Å². The Balaban J connectivity index is 1.55. The van der Waals surface area contributed by atoms with Crippen LogP contribution in [-0.2, 0) is 10.0 Å². The van der Waals surface area contributed by atoms with Gasteiger partial charge >= 0.3 is 0 Å². The van der Waals surface area contributed by atoms with Crippen molar-refractivity contribution in [1.82, 2.24) is 10.1 Å². The Morgan fingerprint density at radius 1 is 1.23 bits per heavy atom. The normalized spacial score (nSPS) is 15.4. The van der Waals surface area contributed by atoms with Crippen LogP contribution in [0.2, 0.25) is 0 Å². The van der Waals surface area contributed by atoms with E-state index in [2.05, 4.69) is 30.8 Å². The van der Waals surface area contributed by atoms with E-state index in [4.69, 9.17) is 4.52 Å². The predicted octanol–water partition coefficient (Wildman–Crippen LogP) is 5.02. The highest BCUT2D eigenvalue weighted by Crippen LogP contribution is 2.35. The summed E-state index contributed by atoms with van der Waals surface area (Å²) < 4.78 is 34.2. The molecule has 1 aromatic carbocycles. The van der Waals surface area contributed by atoms with Crippen LogP contribution >= 0.6 is 27.3 Å².